The fourth-order valence-electron chi connectivity index (χ4n) is 2.35. The van der Waals surface area contributed by atoms with Crippen LogP contribution in [-0.4, -0.2) is 24.3 Å². The molecule has 0 saturated heterocycles. The van der Waals surface area contributed by atoms with Crippen molar-refractivity contribution in [2.45, 2.75) is 31.7 Å². The molecule has 6 nitrogen and oxygen atoms in total. The Labute approximate surface area is 146 Å². The zero-order valence-electron chi connectivity index (χ0n) is 13.7. The lowest BCUT2D eigenvalue weighted by molar-refractivity contribution is 0.134. The molecule has 1 aliphatic carbocycles. The van der Waals surface area contributed by atoms with Crippen molar-refractivity contribution in [3.63, 3.8) is 0 Å². The van der Waals surface area contributed by atoms with Crippen LogP contribution < -0.4 is 10.6 Å². The van der Waals surface area contributed by atoms with Crippen LogP contribution in [0.25, 0.3) is 0 Å². The van der Waals surface area contributed by atoms with Crippen molar-refractivity contribution < 1.29 is 19.1 Å². The first-order valence-electron chi connectivity index (χ1n) is 8.15. The van der Waals surface area contributed by atoms with Gasteiger partial charge in [-0.25, -0.2) is 9.59 Å². The number of hydrogen-bond acceptors (Lipinski definition) is 4. The average molecular weight is 340 g/mol. The molecular weight excluding hydrogens is 320 g/mol. The lowest BCUT2D eigenvalue weighted by Gasteiger charge is -2.08. The van der Waals surface area contributed by atoms with Crippen molar-refractivity contribution in [3.05, 3.63) is 71.8 Å². The zero-order valence-corrected chi connectivity index (χ0v) is 13.7. The number of nitrogens with one attached hydrogen (secondary N) is 2. The SMILES string of the molecule is O=C(N[C@@H]1C[C@H]1NC(=O)OCc1ccccc1)OCc1ccccc1. The molecule has 2 aromatic carbocycles. The van der Waals surface area contributed by atoms with Crippen molar-refractivity contribution in [2.24, 2.45) is 0 Å². The maximum absolute atomic E-state index is 11.7. The molecule has 0 radical (unpaired) electrons. The maximum Gasteiger partial charge on any atom is 0.407 e. The van der Waals surface area contributed by atoms with Crippen molar-refractivity contribution in [2.75, 3.05) is 0 Å². The molecule has 2 atom stereocenters. The van der Waals surface area contributed by atoms with Gasteiger partial charge in [0.05, 0.1) is 12.1 Å². The number of rotatable bonds is 6. The number of ether oxygens (including phenoxy) is 2. The van der Waals surface area contributed by atoms with Crippen LogP contribution in [0, 0.1) is 0 Å². The van der Waals surface area contributed by atoms with Crippen molar-refractivity contribution >= 4 is 12.2 Å². The van der Waals surface area contributed by atoms with E-state index in [1.807, 2.05) is 60.7 Å². The predicted molar refractivity (Wildman–Crippen MR) is 91.7 cm³/mol. The minimum Gasteiger partial charge on any atom is -0.445 e. The Bertz CT molecular complexity index is 644. The number of benzene rings is 2. The van der Waals surface area contributed by atoms with Crippen LogP contribution in [0.15, 0.2) is 60.7 Å². The van der Waals surface area contributed by atoms with Crippen LogP contribution in [-0.2, 0) is 22.7 Å². The molecule has 6 heteroatoms. The molecule has 1 fully saturated rings. The van der Waals surface area contributed by atoms with Crippen LogP contribution >= 0.6 is 0 Å². The quantitative estimate of drug-likeness (QED) is 0.847. The van der Waals surface area contributed by atoms with Gasteiger partial charge in [0.1, 0.15) is 13.2 Å². The highest BCUT2D eigenvalue weighted by Crippen LogP contribution is 2.21. The molecule has 0 bridgehead atoms. The molecule has 1 aliphatic rings. The Hall–Kier alpha value is -3.02. The van der Waals surface area contributed by atoms with Gasteiger partial charge in [-0.2, -0.15) is 0 Å². The molecule has 0 spiro atoms. The molecule has 2 N–H and O–H groups in total. The highest BCUT2D eigenvalue weighted by atomic mass is 16.6. The van der Waals surface area contributed by atoms with Gasteiger partial charge in [-0.3, -0.25) is 0 Å². The van der Waals surface area contributed by atoms with Gasteiger partial charge < -0.3 is 20.1 Å². The summed E-state index contributed by atoms with van der Waals surface area (Å²) >= 11 is 0. The number of carbonyl (C=O) groups excluding carboxylic acids is 2. The van der Waals surface area contributed by atoms with E-state index in [1.165, 1.54) is 0 Å². The summed E-state index contributed by atoms with van der Waals surface area (Å²) in [4.78, 5) is 23.5. The summed E-state index contributed by atoms with van der Waals surface area (Å²) in [6.45, 7) is 0.438. The second-order valence-corrected chi connectivity index (χ2v) is 5.86. The van der Waals surface area contributed by atoms with E-state index in [4.69, 9.17) is 9.47 Å². The second-order valence-electron chi connectivity index (χ2n) is 5.86. The van der Waals surface area contributed by atoms with Gasteiger partial charge in [-0.1, -0.05) is 60.7 Å². The first-order valence-corrected chi connectivity index (χ1v) is 8.15. The van der Waals surface area contributed by atoms with Crippen molar-refractivity contribution in [3.8, 4) is 0 Å². The Morgan fingerprint density at radius 3 is 1.56 bits per heavy atom. The molecule has 0 heterocycles. The summed E-state index contributed by atoms with van der Waals surface area (Å²) in [5, 5.41) is 5.44. The fourth-order valence-corrected chi connectivity index (χ4v) is 2.35. The molecule has 0 unspecified atom stereocenters. The summed E-state index contributed by atoms with van der Waals surface area (Å²) in [6, 6.07) is 18.7. The molecular formula is C19H20N2O4. The van der Waals surface area contributed by atoms with Gasteiger partial charge in [0, 0.05) is 0 Å². The fraction of sp³-hybridized carbons (Fsp3) is 0.263. The molecule has 130 valence electrons. The number of amides is 2. The van der Waals surface area contributed by atoms with Crippen LogP contribution in [0.2, 0.25) is 0 Å². The van der Waals surface area contributed by atoms with Gasteiger partial charge in [0.25, 0.3) is 0 Å². The van der Waals surface area contributed by atoms with Gasteiger partial charge in [-0.15, -0.1) is 0 Å². The second kappa shape index (κ2) is 8.19. The number of alkyl carbamates (subject to hydrolysis) is 2. The third-order valence-electron chi connectivity index (χ3n) is 3.82. The monoisotopic (exact) mass is 340 g/mol. The van der Waals surface area contributed by atoms with E-state index in [2.05, 4.69) is 10.6 Å². The first-order chi connectivity index (χ1) is 12.2. The highest BCUT2D eigenvalue weighted by Gasteiger charge is 2.40. The number of carbonyl (C=O) groups is 2. The predicted octanol–water partition coefficient (Wildman–Crippen LogP) is 2.98. The number of hydrogen-bond donors (Lipinski definition) is 2. The van der Waals surface area contributed by atoms with Gasteiger partial charge in [-0.05, 0) is 17.5 Å². The highest BCUT2D eigenvalue weighted by molar-refractivity contribution is 5.70. The summed E-state index contributed by atoms with van der Waals surface area (Å²) in [6.07, 6.45) is -0.312. The van der Waals surface area contributed by atoms with Gasteiger partial charge in [0.2, 0.25) is 0 Å². The van der Waals surface area contributed by atoms with Crippen molar-refractivity contribution in [1.29, 1.82) is 0 Å². The molecule has 0 aromatic heterocycles. The Balaban J connectivity index is 1.31. The Morgan fingerprint density at radius 1 is 0.760 bits per heavy atom. The van der Waals surface area contributed by atoms with E-state index in [1.54, 1.807) is 0 Å². The molecule has 1 saturated carbocycles. The first kappa shape index (κ1) is 16.8. The lowest BCUT2D eigenvalue weighted by atomic mass is 10.2. The lowest BCUT2D eigenvalue weighted by Crippen LogP contribution is -2.35. The van der Waals surface area contributed by atoms with Crippen LogP contribution in [0.4, 0.5) is 9.59 Å². The summed E-state index contributed by atoms with van der Waals surface area (Å²) < 4.78 is 10.3. The average Bonchev–Trinajstić information content (AvgIpc) is 3.37. The minimum atomic E-state index is -0.490. The molecule has 2 aromatic rings. The molecule has 3 rings (SSSR count). The van der Waals surface area contributed by atoms with E-state index in [9.17, 15) is 9.59 Å². The third kappa shape index (κ3) is 5.53. The Kier molecular flexibility index (Phi) is 5.51. The van der Waals surface area contributed by atoms with Gasteiger partial charge in [0.15, 0.2) is 0 Å². The van der Waals surface area contributed by atoms with Crippen LogP contribution in [0.5, 0.6) is 0 Å². The largest absolute Gasteiger partial charge is 0.445 e. The third-order valence-corrected chi connectivity index (χ3v) is 3.82. The normalized spacial score (nSPS) is 18.1. The van der Waals surface area contributed by atoms with Crippen molar-refractivity contribution in [1.82, 2.24) is 10.6 Å². The summed E-state index contributed by atoms with van der Waals surface area (Å²) in [5.74, 6) is 0. The van der Waals surface area contributed by atoms with E-state index < -0.39 is 12.2 Å². The van der Waals surface area contributed by atoms with Crippen LogP contribution in [0.3, 0.4) is 0 Å². The van der Waals surface area contributed by atoms with Gasteiger partial charge >= 0.3 is 12.2 Å². The van der Waals surface area contributed by atoms with E-state index in [0.717, 1.165) is 11.1 Å². The van der Waals surface area contributed by atoms with E-state index in [0.29, 0.717) is 6.42 Å². The van der Waals surface area contributed by atoms with E-state index >= 15 is 0 Å². The topological polar surface area (TPSA) is 76.7 Å². The standard InChI is InChI=1S/C19H20N2O4/c22-18(24-12-14-7-3-1-4-8-14)20-16-11-17(16)21-19(23)25-13-15-9-5-2-6-10-15/h1-10,16-17H,11-13H2,(H,20,22)(H,21,23)/t16-,17-/m1/s1. The maximum atomic E-state index is 11.7. The minimum absolute atomic E-state index is 0.118. The zero-order chi connectivity index (χ0) is 17.5. The van der Waals surface area contributed by atoms with E-state index in [-0.39, 0.29) is 25.3 Å². The molecule has 25 heavy (non-hydrogen) atoms. The molecule has 0 aliphatic heterocycles. The molecule has 2 amide bonds. The summed E-state index contributed by atoms with van der Waals surface area (Å²) in [7, 11) is 0. The Morgan fingerprint density at radius 2 is 1.16 bits per heavy atom. The van der Waals surface area contributed by atoms with Crippen LogP contribution in [0.1, 0.15) is 17.5 Å². The summed E-state index contributed by atoms with van der Waals surface area (Å²) in [5.41, 5.74) is 1.85. The smallest absolute Gasteiger partial charge is 0.407 e.